The smallest absolute Gasteiger partial charge is 0.219 e. The summed E-state index contributed by atoms with van der Waals surface area (Å²) in [4.78, 5) is 3.73. The van der Waals surface area contributed by atoms with E-state index >= 15 is 0 Å². The van der Waals surface area contributed by atoms with E-state index in [0.717, 1.165) is 6.20 Å². The second kappa shape index (κ2) is 3.38. The predicted molar refractivity (Wildman–Crippen MR) is 42.0 cm³/mol. The molecule has 0 N–H and O–H groups in total. The van der Waals surface area contributed by atoms with Crippen molar-refractivity contribution in [1.82, 2.24) is 4.98 Å². The van der Waals surface area contributed by atoms with Gasteiger partial charge in [0.1, 0.15) is 0 Å². The van der Waals surface area contributed by atoms with Crippen molar-refractivity contribution in [3.05, 3.63) is 17.6 Å². The van der Waals surface area contributed by atoms with Crippen LogP contribution in [-0.2, 0) is 0 Å². The van der Waals surface area contributed by atoms with Gasteiger partial charge in [0.05, 0.1) is 26.0 Å². The lowest BCUT2D eigenvalue weighted by molar-refractivity contribution is 0.358. The zero-order chi connectivity index (χ0) is 9.14. The molecule has 66 valence electrons. The topological polar surface area (TPSA) is 31.4 Å². The quantitative estimate of drug-likeness (QED) is 0.676. The summed E-state index contributed by atoms with van der Waals surface area (Å²) in [7, 11) is 2.89. The third-order valence-corrected chi connectivity index (χ3v) is 1.57. The number of hydrogen-bond donors (Lipinski definition) is 0. The van der Waals surface area contributed by atoms with Gasteiger partial charge < -0.3 is 9.47 Å². The molecule has 0 atom stereocenters. The zero-order valence-corrected chi connectivity index (χ0v) is 7.22. The highest BCUT2D eigenvalue weighted by molar-refractivity contribution is 5.39. The monoisotopic (exact) mass is 171 g/mol. The number of halogens is 1. The third-order valence-electron chi connectivity index (χ3n) is 1.57. The molecule has 0 saturated heterocycles. The molecule has 0 aromatic carbocycles. The second-order valence-electron chi connectivity index (χ2n) is 2.27. The predicted octanol–water partition coefficient (Wildman–Crippen LogP) is 1.55. The molecule has 0 aliphatic rings. The van der Waals surface area contributed by atoms with E-state index in [-0.39, 0.29) is 5.75 Å². The van der Waals surface area contributed by atoms with E-state index < -0.39 is 5.82 Å². The molecule has 0 amide bonds. The highest BCUT2D eigenvalue weighted by Gasteiger charge is 2.11. The van der Waals surface area contributed by atoms with Crippen molar-refractivity contribution in [3.63, 3.8) is 0 Å². The van der Waals surface area contributed by atoms with E-state index in [1.807, 2.05) is 0 Å². The number of pyridine rings is 1. The van der Waals surface area contributed by atoms with Crippen LogP contribution in [0, 0.1) is 12.7 Å². The SMILES string of the molecule is COc1ncc(F)c(OC)c1C. The fraction of sp³-hybridized carbons (Fsp3) is 0.375. The summed E-state index contributed by atoms with van der Waals surface area (Å²) < 4.78 is 22.6. The molecule has 0 radical (unpaired) electrons. The van der Waals surface area contributed by atoms with E-state index in [0.29, 0.717) is 11.4 Å². The maximum atomic E-state index is 12.9. The van der Waals surface area contributed by atoms with Crippen molar-refractivity contribution < 1.29 is 13.9 Å². The Bertz CT molecular complexity index is 289. The summed E-state index contributed by atoms with van der Waals surface area (Å²) in [6.45, 7) is 1.69. The molecule has 0 bridgehead atoms. The largest absolute Gasteiger partial charge is 0.493 e. The maximum absolute atomic E-state index is 12.9. The van der Waals surface area contributed by atoms with Crippen LogP contribution in [0.15, 0.2) is 6.20 Å². The van der Waals surface area contributed by atoms with Crippen LogP contribution in [0.2, 0.25) is 0 Å². The van der Waals surface area contributed by atoms with Gasteiger partial charge in [0, 0.05) is 0 Å². The number of rotatable bonds is 2. The molecule has 3 nitrogen and oxygen atoms in total. The minimum absolute atomic E-state index is 0.182. The first-order chi connectivity index (χ1) is 5.70. The van der Waals surface area contributed by atoms with Crippen LogP contribution in [0.1, 0.15) is 5.56 Å². The van der Waals surface area contributed by atoms with Crippen molar-refractivity contribution in [1.29, 1.82) is 0 Å². The summed E-state index contributed by atoms with van der Waals surface area (Å²) in [5.41, 5.74) is 0.569. The molecule has 0 spiro atoms. The molecule has 0 unspecified atom stereocenters. The minimum atomic E-state index is -0.476. The Morgan fingerprint density at radius 2 is 2.00 bits per heavy atom. The lowest BCUT2D eigenvalue weighted by atomic mass is 10.2. The Labute approximate surface area is 70.1 Å². The van der Waals surface area contributed by atoms with Gasteiger partial charge in [-0.25, -0.2) is 9.37 Å². The molecule has 4 heteroatoms. The van der Waals surface area contributed by atoms with E-state index in [2.05, 4.69) is 4.98 Å². The molecule has 1 rings (SSSR count). The van der Waals surface area contributed by atoms with Gasteiger partial charge in [-0.05, 0) is 6.92 Å². The summed E-state index contributed by atoms with van der Waals surface area (Å²) in [6.07, 6.45) is 1.07. The van der Waals surface area contributed by atoms with Gasteiger partial charge in [-0.15, -0.1) is 0 Å². The molecule has 0 saturated carbocycles. The van der Waals surface area contributed by atoms with Crippen LogP contribution in [0.4, 0.5) is 4.39 Å². The Morgan fingerprint density at radius 3 is 2.50 bits per heavy atom. The van der Waals surface area contributed by atoms with Crippen molar-refractivity contribution >= 4 is 0 Å². The van der Waals surface area contributed by atoms with Crippen LogP contribution in [0.5, 0.6) is 11.6 Å². The van der Waals surface area contributed by atoms with Crippen molar-refractivity contribution in [3.8, 4) is 11.6 Å². The van der Waals surface area contributed by atoms with Gasteiger partial charge in [0.2, 0.25) is 5.88 Å². The maximum Gasteiger partial charge on any atom is 0.219 e. The summed E-state index contributed by atoms with van der Waals surface area (Å²) in [6, 6.07) is 0. The highest BCUT2D eigenvalue weighted by atomic mass is 19.1. The van der Waals surface area contributed by atoms with Crippen molar-refractivity contribution in [2.45, 2.75) is 6.92 Å². The summed E-state index contributed by atoms with van der Waals surface area (Å²) in [5, 5.41) is 0. The summed E-state index contributed by atoms with van der Waals surface area (Å²) in [5.74, 6) is 0.0888. The van der Waals surface area contributed by atoms with Crippen LogP contribution in [0.25, 0.3) is 0 Å². The Hall–Kier alpha value is -1.32. The Balaban J connectivity index is 3.24. The van der Waals surface area contributed by atoms with Crippen LogP contribution < -0.4 is 9.47 Å². The minimum Gasteiger partial charge on any atom is -0.493 e. The van der Waals surface area contributed by atoms with E-state index in [1.165, 1.54) is 14.2 Å². The van der Waals surface area contributed by atoms with E-state index in [4.69, 9.17) is 9.47 Å². The molecule has 0 aliphatic heterocycles. The highest BCUT2D eigenvalue weighted by Crippen LogP contribution is 2.27. The van der Waals surface area contributed by atoms with Crippen LogP contribution in [-0.4, -0.2) is 19.2 Å². The average Bonchev–Trinajstić information content (AvgIpc) is 2.06. The third kappa shape index (κ3) is 1.32. The normalized spacial score (nSPS) is 9.67. The van der Waals surface area contributed by atoms with E-state index in [1.54, 1.807) is 6.92 Å². The molecule has 0 fully saturated rings. The van der Waals surface area contributed by atoms with Gasteiger partial charge in [-0.3, -0.25) is 0 Å². The summed E-state index contributed by atoms with van der Waals surface area (Å²) >= 11 is 0. The number of methoxy groups -OCH3 is 2. The molecule has 1 aromatic rings. The standard InChI is InChI=1S/C8H10FNO2/c1-5-7(11-2)6(9)4-10-8(5)12-3/h4H,1-3H3. The van der Waals surface area contributed by atoms with Gasteiger partial charge in [0.15, 0.2) is 11.6 Å². The first-order valence-electron chi connectivity index (χ1n) is 3.43. The van der Waals surface area contributed by atoms with Gasteiger partial charge >= 0.3 is 0 Å². The average molecular weight is 171 g/mol. The molecule has 1 heterocycles. The van der Waals surface area contributed by atoms with Gasteiger partial charge in [-0.1, -0.05) is 0 Å². The molecular formula is C8H10FNO2. The van der Waals surface area contributed by atoms with E-state index in [9.17, 15) is 4.39 Å². The van der Waals surface area contributed by atoms with Gasteiger partial charge in [0.25, 0.3) is 0 Å². The number of aromatic nitrogens is 1. The fourth-order valence-electron chi connectivity index (χ4n) is 1.00. The number of ether oxygens (including phenoxy) is 2. The Kier molecular flexibility index (Phi) is 2.47. The zero-order valence-electron chi connectivity index (χ0n) is 7.22. The lowest BCUT2D eigenvalue weighted by Gasteiger charge is -2.08. The van der Waals surface area contributed by atoms with Crippen molar-refractivity contribution in [2.75, 3.05) is 14.2 Å². The number of nitrogens with zero attached hydrogens (tertiary/aromatic N) is 1. The molecule has 1 aromatic heterocycles. The lowest BCUT2D eigenvalue weighted by Crippen LogP contribution is -1.97. The van der Waals surface area contributed by atoms with Gasteiger partial charge in [-0.2, -0.15) is 0 Å². The number of hydrogen-bond acceptors (Lipinski definition) is 3. The van der Waals surface area contributed by atoms with Crippen molar-refractivity contribution in [2.24, 2.45) is 0 Å². The second-order valence-corrected chi connectivity index (χ2v) is 2.27. The molecular weight excluding hydrogens is 161 g/mol. The molecule has 0 aliphatic carbocycles. The fourth-order valence-corrected chi connectivity index (χ4v) is 1.00. The van der Waals surface area contributed by atoms with Crippen LogP contribution in [0.3, 0.4) is 0 Å². The molecule has 12 heavy (non-hydrogen) atoms. The first-order valence-corrected chi connectivity index (χ1v) is 3.43. The Morgan fingerprint density at radius 1 is 1.33 bits per heavy atom. The van der Waals surface area contributed by atoms with Crippen LogP contribution >= 0.6 is 0 Å². The first kappa shape index (κ1) is 8.77.